The molecular weight excluding hydrogens is 482 g/mol. The van der Waals surface area contributed by atoms with Gasteiger partial charge in [-0.15, -0.1) is 0 Å². The molecule has 0 aliphatic carbocycles. The minimum atomic E-state index is -0.796. The molecule has 3 heterocycles. The van der Waals surface area contributed by atoms with E-state index in [1.165, 1.54) is 17.5 Å². The van der Waals surface area contributed by atoms with E-state index in [1.54, 1.807) is 6.21 Å². The molecule has 3 aliphatic heterocycles. The highest BCUT2D eigenvalue weighted by Gasteiger charge is 2.13. The molecule has 0 saturated heterocycles. The average molecular weight is 510 g/mol. The van der Waals surface area contributed by atoms with Gasteiger partial charge < -0.3 is 15.3 Å². The number of allylic oxidation sites excluding steroid dienone is 3. The first-order valence-electron chi connectivity index (χ1n) is 11.7. The summed E-state index contributed by atoms with van der Waals surface area (Å²) in [6, 6.07) is 24.0. The highest BCUT2D eigenvalue weighted by atomic mass is 32.2. The third-order valence-electron chi connectivity index (χ3n) is 5.24. The van der Waals surface area contributed by atoms with Crippen LogP contribution >= 0.6 is 11.9 Å². The molecule has 0 amide bonds. The number of nitrogens with one attached hydrogen (secondary N) is 1. The quantitative estimate of drug-likeness (QED) is 0.369. The number of hydrogen-bond acceptors (Lipinski definition) is 6. The lowest BCUT2D eigenvalue weighted by atomic mass is 10.2. The van der Waals surface area contributed by atoms with Crippen LogP contribution in [0.1, 0.15) is 16.7 Å². The van der Waals surface area contributed by atoms with Crippen molar-refractivity contribution in [3.63, 3.8) is 0 Å². The van der Waals surface area contributed by atoms with Crippen molar-refractivity contribution >= 4 is 48.0 Å². The summed E-state index contributed by atoms with van der Waals surface area (Å²) in [5, 5.41) is 15.6. The lowest BCUT2D eigenvalue weighted by Crippen LogP contribution is -2.23. The molecule has 2 N–H and O–H groups in total. The fraction of sp³-hybridized carbons (Fsp3) is 0.0667. The smallest absolute Gasteiger partial charge is 0.318 e. The van der Waals surface area contributed by atoms with Gasteiger partial charge in [0.2, 0.25) is 0 Å². The van der Waals surface area contributed by atoms with E-state index in [1.807, 2.05) is 108 Å². The van der Waals surface area contributed by atoms with E-state index >= 15 is 0 Å². The zero-order valence-corrected chi connectivity index (χ0v) is 20.9. The Morgan fingerprint density at radius 1 is 0.892 bits per heavy atom. The molecule has 3 aliphatic rings. The second-order valence-corrected chi connectivity index (χ2v) is 9.08. The number of nitrogens with zero attached hydrogens (tertiary/aromatic N) is 2. The van der Waals surface area contributed by atoms with Gasteiger partial charge in [-0.3, -0.25) is 4.79 Å². The lowest BCUT2D eigenvalue weighted by Gasteiger charge is -2.15. The van der Waals surface area contributed by atoms with Crippen molar-refractivity contribution in [2.75, 3.05) is 18.4 Å². The van der Waals surface area contributed by atoms with E-state index in [-0.39, 0.29) is 6.54 Å². The summed E-state index contributed by atoms with van der Waals surface area (Å²) in [6.07, 6.45) is 17.5. The minimum Gasteiger partial charge on any atom is -0.480 e. The summed E-state index contributed by atoms with van der Waals surface area (Å²) in [4.78, 5) is 16.8. The average Bonchev–Trinajstić information content (AvgIpc) is 3.38. The Kier molecular flexibility index (Phi) is 9.52. The Morgan fingerprint density at radius 2 is 1.62 bits per heavy atom. The van der Waals surface area contributed by atoms with Crippen molar-refractivity contribution in [1.82, 2.24) is 4.31 Å². The normalized spacial score (nSPS) is 14.4. The Bertz CT molecular complexity index is 1300. The van der Waals surface area contributed by atoms with Crippen LogP contribution in [0.25, 0.3) is 18.2 Å². The SMILES string of the molecule is C1=CNc2ccccc2C=C1.C1=Cc2ccccc2ON=C1.O=C(O)CN1CC=Cc2ccccc2S1. The first kappa shape index (κ1) is 25.8. The van der Waals surface area contributed by atoms with Gasteiger partial charge in [-0.25, -0.2) is 4.31 Å². The number of para-hydroxylation sites is 2. The number of carbonyl (C=O) groups is 1. The summed E-state index contributed by atoms with van der Waals surface area (Å²) >= 11 is 1.50. The molecule has 0 bridgehead atoms. The predicted octanol–water partition coefficient (Wildman–Crippen LogP) is 6.82. The van der Waals surface area contributed by atoms with Crippen LogP contribution in [0.4, 0.5) is 5.69 Å². The topological polar surface area (TPSA) is 74.2 Å². The van der Waals surface area contributed by atoms with Crippen LogP contribution in [0.3, 0.4) is 0 Å². The molecule has 0 spiro atoms. The van der Waals surface area contributed by atoms with Crippen LogP contribution in [0, 0.1) is 0 Å². The number of rotatable bonds is 2. The van der Waals surface area contributed by atoms with E-state index in [4.69, 9.17) is 9.94 Å². The molecular formula is C30H27N3O3S. The maximum Gasteiger partial charge on any atom is 0.318 e. The number of benzene rings is 3. The van der Waals surface area contributed by atoms with Gasteiger partial charge in [-0.2, -0.15) is 0 Å². The molecule has 3 aromatic carbocycles. The molecule has 0 saturated carbocycles. The molecule has 0 aromatic heterocycles. The maximum atomic E-state index is 10.6. The standard InChI is InChI=1S/C11H11NO2S.C10H9N.C9H7NO/c13-11(14)8-12-7-3-5-9-4-1-2-6-10(9)15-12;1-2-7-10-9(5-1)6-3-4-8-11-10;1-2-6-9-8(4-1)5-3-7-10-11-9/h1-6H,7-8H2,(H,13,14);1-8,11H;1-7H. The second kappa shape index (κ2) is 13.7. The number of aliphatic carboxylic acids is 1. The Morgan fingerprint density at radius 3 is 2.49 bits per heavy atom. The van der Waals surface area contributed by atoms with E-state index in [0.717, 1.165) is 27.5 Å². The zero-order chi connectivity index (χ0) is 25.7. The molecule has 0 unspecified atom stereocenters. The lowest BCUT2D eigenvalue weighted by molar-refractivity contribution is -0.137. The molecule has 0 radical (unpaired) electrons. The van der Waals surface area contributed by atoms with Crippen molar-refractivity contribution in [2.45, 2.75) is 4.90 Å². The number of carboxylic acid groups (broad SMARTS) is 1. The van der Waals surface area contributed by atoms with Gasteiger partial charge >= 0.3 is 5.97 Å². The van der Waals surface area contributed by atoms with Crippen LogP contribution < -0.4 is 10.2 Å². The van der Waals surface area contributed by atoms with E-state index < -0.39 is 5.97 Å². The van der Waals surface area contributed by atoms with Gasteiger partial charge in [-0.05, 0) is 59.5 Å². The maximum absolute atomic E-state index is 10.6. The minimum absolute atomic E-state index is 0.0589. The molecule has 0 atom stereocenters. The fourth-order valence-electron chi connectivity index (χ4n) is 3.52. The van der Waals surface area contributed by atoms with Crippen molar-refractivity contribution in [3.8, 4) is 5.75 Å². The van der Waals surface area contributed by atoms with Crippen molar-refractivity contribution in [2.24, 2.45) is 5.16 Å². The van der Waals surface area contributed by atoms with Gasteiger partial charge in [0.1, 0.15) is 6.54 Å². The summed E-state index contributed by atoms with van der Waals surface area (Å²) in [5.74, 6) is 0.00720. The van der Waals surface area contributed by atoms with Crippen LogP contribution in [0.15, 0.2) is 113 Å². The van der Waals surface area contributed by atoms with Crippen molar-refractivity contribution < 1.29 is 14.7 Å². The molecule has 186 valence electrons. The number of oxime groups is 1. The molecule has 7 heteroatoms. The highest BCUT2D eigenvalue weighted by Crippen LogP contribution is 2.29. The van der Waals surface area contributed by atoms with Gasteiger partial charge in [0, 0.05) is 28.9 Å². The van der Waals surface area contributed by atoms with Crippen LogP contribution in [-0.2, 0) is 4.79 Å². The number of fused-ring (bicyclic) bond motifs is 3. The predicted molar refractivity (Wildman–Crippen MR) is 153 cm³/mol. The van der Waals surface area contributed by atoms with E-state index in [0.29, 0.717) is 6.54 Å². The number of anilines is 1. The molecule has 3 aromatic rings. The van der Waals surface area contributed by atoms with Crippen LogP contribution in [0.2, 0.25) is 0 Å². The Labute approximate surface area is 221 Å². The third kappa shape index (κ3) is 8.10. The number of carboxylic acids is 1. The van der Waals surface area contributed by atoms with Gasteiger partial charge in [0.15, 0.2) is 5.75 Å². The molecule has 37 heavy (non-hydrogen) atoms. The highest BCUT2D eigenvalue weighted by molar-refractivity contribution is 7.97. The first-order valence-corrected chi connectivity index (χ1v) is 12.5. The third-order valence-corrected chi connectivity index (χ3v) is 6.34. The first-order chi connectivity index (χ1) is 18.2. The largest absolute Gasteiger partial charge is 0.480 e. The monoisotopic (exact) mass is 509 g/mol. The summed E-state index contributed by atoms with van der Waals surface area (Å²) in [6.45, 7) is 0.717. The summed E-state index contributed by atoms with van der Waals surface area (Å²) < 4.78 is 1.82. The molecule has 6 rings (SSSR count). The summed E-state index contributed by atoms with van der Waals surface area (Å²) in [5.41, 5.74) is 4.61. The molecule has 6 nitrogen and oxygen atoms in total. The summed E-state index contributed by atoms with van der Waals surface area (Å²) in [7, 11) is 0. The van der Waals surface area contributed by atoms with Crippen LogP contribution in [-0.4, -0.2) is 34.7 Å². The molecule has 0 fully saturated rings. The van der Waals surface area contributed by atoms with Gasteiger partial charge in [0.05, 0.1) is 6.21 Å². The zero-order valence-electron chi connectivity index (χ0n) is 20.1. The number of hydrogen-bond donors (Lipinski definition) is 2. The van der Waals surface area contributed by atoms with Gasteiger partial charge in [0.25, 0.3) is 0 Å². The fourth-order valence-corrected chi connectivity index (χ4v) is 4.51. The van der Waals surface area contributed by atoms with Crippen molar-refractivity contribution in [3.05, 3.63) is 120 Å². The van der Waals surface area contributed by atoms with Gasteiger partial charge in [-0.1, -0.05) is 84.1 Å². The van der Waals surface area contributed by atoms with Crippen molar-refractivity contribution in [1.29, 1.82) is 0 Å². The second-order valence-electron chi connectivity index (χ2n) is 7.94. The Hall–Kier alpha value is -4.33. The Balaban J connectivity index is 0.000000132. The van der Waals surface area contributed by atoms with Crippen LogP contribution in [0.5, 0.6) is 5.75 Å². The van der Waals surface area contributed by atoms with E-state index in [9.17, 15) is 4.79 Å². The van der Waals surface area contributed by atoms with E-state index in [2.05, 4.69) is 28.7 Å².